The molecule has 1 aromatic carbocycles. The summed E-state index contributed by atoms with van der Waals surface area (Å²) in [7, 11) is 1.59. The first-order valence-electron chi connectivity index (χ1n) is 5.92. The first-order valence-corrected chi connectivity index (χ1v) is 5.92. The SMILES string of the molecule is COc1cc(C2CCc3cncn32)ccc1C#N. The molecule has 0 saturated carbocycles. The molecule has 0 aliphatic carbocycles. The van der Waals surface area contributed by atoms with E-state index in [9.17, 15) is 0 Å². The molecule has 0 radical (unpaired) electrons. The predicted octanol–water partition coefficient (Wildman–Crippen LogP) is 2.30. The number of aryl methyl sites for hydroxylation is 1. The quantitative estimate of drug-likeness (QED) is 0.808. The maximum atomic E-state index is 8.99. The van der Waals surface area contributed by atoms with Crippen LogP contribution in [0, 0.1) is 11.3 Å². The second kappa shape index (κ2) is 4.19. The van der Waals surface area contributed by atoms with Gasteiger partial charge < -0.3 is 9.30 Å². The highest BCUT2D eigenvalue weighted by atomic mass is 16.5. The fourth-order valence-electron chi connectivity index (χ4n) is 2.56. The lowest BCUT2D eigenvalue weighted by molar-refractivity contribution is 0.412. The summed E-state index contributed by atoms with van der Waals surface area (Å²) in [6.07, 6.45) is 5.92. The number of imidazole rings is 1. The molecule has 0 spiro atoms. The molecule has 2 aromatic rings. The van der Waals surface area contributed by atoms with E-state index in [4.69, 9.17) is 10.00 Å². The molecular formula is C14H13N3O. The number of benzene rings is 1. The van der Waals surface area contributed by atoms with Crippen molar-refractivity contribution in [2.75, 3.05) is 7.11 Å². The van der Waals surface area contributed by atoms with Crippen LogP contribution in [0.1, 0.15) is 29.3 Å². The van der Waals surface area contributed by atoms with E-state index in [1.807, 2.05) is 30.7 Å². The highest BCUT2D eigenvalue weighted by Gasteiger charge is 2.23. The minimum absolute atomic E-state index is 0.309. The van der Waals surface area contributed by atoms with Crippen LogP contribution in [0.3, 0.4) is 0 Å². The van der Waals surface area contributed by atoms with E-state index in [0.29, 0.717) is 17.4 Å². The molecule has 1 aliphatic rings. The monoisotopic (exact) mass is 239 g/mol. The van der Waals surface area contributed by atoms with Crippen LogP contribution in [0.2, 0.25) is 0 Å². The normalized spacial score (nSPS) is 17.2. The van der Waals surface area contributed by atoms with Gasteiger partial charge in [0.25, 0.3) is 0 Å². The lowest BCUT2D eigenvalue weighted by Crippen LogP contribution is -2.05. The number of ether oxygens (including phenoxy) is 1. The van der Waals surface area contributed by atoms with Crippen LogP contribution in [0.15, 0.2) is 30.7 Å². The lowest BCUT2D eigenvalue weighted by Gasteiger charge is -2.14. The third kappa shape index (κ3) is 1.56. The minimum atomic E-state index is 0.309. The average Bonchev–Trinajstić information content (AvgIpc) is 3.00. The third-order valence-corrected chi connectivity index (χ3v) is 3.49. The van der Waals surface area contributed by atoms with E-state index in [0.717, 1.165) is 12.8 Å². The molecule has 3 rings (SSSR count). The van der Waals surface area contributed by atoms with E-state index in [-0.39, 0.29) is 0 Å². The number of nitrogens with zero attached hydrogens (tertiary/aromatic N) is 3. The van der Waals surface area contributed by atoms with Crippen LogP contribution >= 0.6 is 0 Å². The number of nitriles is 1. The van der Waals surface area contributed by atoms with E-state index in [1.54, 1.807) is 7.11 Å². The van der Waals surface area contributed by atoms with Crippen LogP contribution in [-0.4, -0.2) is 16.7 Å². The summed E-state index contributed by atoms with van der Waals surface area (Å²) in [5.41, 5.74) is 3.01. The maximum absolute atomic E-state index is 8.99. The van der Waals surface area contributed by atoms with E-state index >= 15 is 0 Å². The molecule has 1 atom stereocenters. The van der Waals surface area contributed by atoms with Crippen LogP contribution in [0.25, 0.3) is 0 Å². The van der Waals surface area contributed by atoms with Gasteiger partial charge in [-0.25, -0.2) is 4.98 Å². The Morgan fingerprint density at radius 1 is 1.50 bits per heavy atom. The van der Waals surface area contributed by atoms with Gasteiger partial charge in [-0.1, -0.05) is 6.07 Å². The van der Waals surface area contributed by atoms with Crippen molar-refractivity contribution in [3.63, 3.8) is 0 Å². The van der Waals surface area contributed by atoms with Gasteiger partial charge in [0.2, 0.25) is 0 Å². The Labute approximate surface area is 105 Å². The smallest absolute Gasteiger partial charge is 0.136 e. The first-order chi connectivity index (χ1) is 8.83. The molecule has 0 saturated heterocycles. The van der Waals surface area contributed by atoms with Crippen LogP contribution in [-0.2, 0) is 6.42 Å². The van der Waals surface area contributed by atoms with Gasteiger partial charge >= 0.3 is 0 Å². The molecule has 90 valence electrons. The Balaban J connectivity index is 2.02. The number of hydrogen-bond donors (Lipinski definition) is 0. The zero-order chi connectivity index (χ0) is 12.5. The van der Waals surface area contributed by atoms with Crippen LogP contribution in [0.4, 0.5) is 0 Å². The average molecular weight is 239 g/mol. The number of aromatic nitrogens is 2. The molecular weight excluding hydrogens is 226 g/mol. The zero-order valence-corrected chi connectivity index (χ0v) is 10.1. The molecule has 2 heterocycles. The maximum Gasteiger partial charge on any atom is 0.136 e. The third-order valence-electron chi connectivity index (χ3n) is 3.49. The van der Waals surface area contributed by atoms with Gasteiger partial charge in [0.1, 0.15) is 11.8 Å². The summed E-state index contributed by atoms with van der Waals surface area (Å²) in [4.78, 5) is 4.18. The number of fused-ring (bicyclic) bond motifs is 1. The van der Waals surface area contributed by atoms with Crippen molar-refractivity contribution >= 4 is 0 Å². The highest BCUT2D eigenvalue weighted by molar-refractivity contribution is 5.46. The largest absolute Gasteiger partial charge is 0.495 e. The molecule has 4 heteroatoms. The van der Waals surface area contributed by atoms with Gasteiger partial charge in [0.15, 0.2) is 0 Å². The molecule has 1 aromatic heterocycles. The Morgan fingerprint density at radius 2 is 2.39 bits per heavy atom. The predicted molar refractivity (Wildman–Crippen MR) is 66.4 cm³/mol. The number of rotatable bonds is 2. The molecule has 1 unspecified atom stereocenters. The second-order valence-corrected chi connectivity index (χ2v) is 4.42. The fraction of sp³-hybridized carbons (Fsp3) is 0.286. The summed E-state index contributed by atoms with van der Waals surface area (Å²) in [6.45, 7) is 0. The topological polar surface area (TPSA) is 50.8 Å². The molecule has 4 nitrogen and oxygen atoms in total. The Bertz CT molecular complexity index is 624. The Hall–Kier alpha value is -2.28. The summed E-state index contributed by atoms with van der Waals surface area (Å²) in [5, 5.41) is 8.99. The van der Waals surface area contributed by atoms with Gasteiger partial charge in [0.05, 0.1) is 25.0 Å². The summed E-state index contributed by atoms with van der Waals surface area (Å²) in [5.74, 6) is 0.642. The van der Waals surface area contributed by atoms with Gasteiger partial charge in [-0.3, -0.25) is 0 Å². The van der Waals surface area contributed by atoms with Crippen molar-refractivity contribution in [3.05, 3.63) is 47.5 Å². The van der Waals surface area contributed by atoms with Crippen molar-refractivity contribution in [1.82, 2.24) is 9.55 Å². The molecule has 18 heavy (non-hydrogen) atoms. The van der Waals surface area contributed by atoms with E-state index < -0.39 is 0 Å². The van der Waals surface area contributed by atoms with Crippen molar-refractivity contribution in [2.24, 2.45) is 0 Å². The number of hydrogen-bond acceptors (Lipinski definition) is 3. The lowest BCUT2D eigenvalue weighted by atomic mass is 10.0. The molecule has 0 bridgehead atoms. The van der Waals surface area contributed by atoms with Gasteiger partial charge in [-0.2, -0.15) is 5.26 Å². The van der Waals surface area contributed by atoms with Crippen LogP contribution < -0.4 is 4.74 Å². The van der Waals surface area contributed by atoms with Gasteiger partial charge in [0, 0.05) is 11.9 Å². The van der Waals surface area contributed by atoms with E-state index in [2.05, 4.69) is 15.6 Å². The van der Waals surface area contributed by atoms with Crippen molar-refractivity contribution in [3.8, 4) is 11.8 Å². The molecule has 0 fully saturated rings. The molecule has 0 N–H and O–H groups in total. The van der Waals surface area contributed by atoms with Crippen LogP contribution in [0.5, 0.6) is 5.75 Å². The fourth-order valence-corrected chi connectivity index (χ4v) is 2.56. The highest BCUT2D eigenvalue weighted by Crippen LogP contribution is 2.33. The molecule has 0 amide bonds. The first kappa shape index (κ1) is 10.8. The molecule has 1 aliphatic heterocycles. The minimum Gasteiger partial charge on any atom is -0.495 e. The van der Waals surface area contributed by atoms with Gasteiger partial charge in [-0.15, -0.1) is 0 Å². The van der Waals surface area contributed by atoms with Crippen molar-refractivity contribution in [2.45, 2.75) is 18.9 Å². The van der Waals surface area contributed by atoms with Gasteiger partial charge in [-0.05, 0) is 30.5 Å². The summed E-state index contributed by atoms with van der Waals surface area (Å²) in [6, 6.07) is 8.22. The Kier molecular flexibility index (Phi) is 2.52. The zero-order valence-electron chi connectivity index (χ0n) is 10.1. The van der Waals surface area contributed by atoms with Crippen molar-refractivity contribution < 1.29 is 4.74 Å². The standard InChI is InChI=1S/C14H13N3O/c1-18-14-6-10(2-3-11(14)7-15)13-5-4-12-8-16-9-17(12)13/h2-3,6,8-9,13H,4-5H2,1H3. The summed E-state index contributed by atoms with van der Waals surface area (Å²) < 4.78 is 7.45. The second-order valence-electron chi connectivity index (χ2n) is 4.42. The van der Waals surface area contributed by atoms with E-state index in [1.165, 1.54) is 11.3 Å². The number of methoxy groups -OCH3 is 1. The Morgan fingerprint density at radius 3 is 3.17 bits per heavy atom. The van der Waals surface area contributed by atoms with Crippen molar-refractivity contribution in [1.29, 1.82) is 5.26 Å². The summed E-state index contributed by atoms with van der Waals surface area (Å²) >= 11 is 0.